The molecule has 5 nitrogen and oxygen atoms in total. The van der Waals surface area contributed by atoms with Crippen molar-refractivity contribution in [1.82, 2.24) is 4.31 Å². The van der Waals surface area contributed by atoms with Crippen molar-refractivity contribution in [3.05, 3.63) is 81.1 Å². The molecular weight excluding hydrogens is 544 g/mol. The topological polar surface area (TPSA) is 60.9 Å². The number of aliphatic hydroxyl groups is 1. The van der Waals surface area contributed by atoms with Gasteiger partial charge in [-0.2, -0.15) is 17.5 Å². The van der Waals surface area contributed by atoms with Crippen LogP contribution in [0.5, 0.6) is 0 Å². The minimum Gasteiger partial charge on any atom is -0.376 e. The lowest BCUT2D eigenvalue weighted by Gasteiger charge is -2.42. The van der Waals surface area contributed by atoms with Crippen LogP contribution in [0.2, 0.25) is 10.0 Å². The Hall–Kier alpha value is -1.82. The zero-order valence-corrected chi connectivity index (χ0v) is 21.5. The van der Waals surface area contributed by atoms with E-state index in [0.717, 1.165) is 11.3 Å². The van der Waals surface area contributed by atoms with E-state index in [1.54, 1.807) is 35.7 Å². The second-order valence-electron chi connectivity index (χ2n) is 8.29. The zero-order valence-electron chi connectivity index (χ0n) is 18.3. The third-order valence-electron chi connectivity index (χ3n) is 6.06. The summed E-state index contributed by atoms with van der Waals surface area (Å²) in [5, 5.41) is 12.5. The Balaban J connectivity index is 1.72. The van der Waals surface area contributed by atoms with Crippen molar-refractivity contribution in [2.24, 2.45) is 0 Å². The first-order valence-electron chi connectivity index (χ1n) is 10.5. The normalized spacial score (nSPS) is 19.5. The molecule has 4 rings (SSSR count). The quantitative estimate of drug-likeness (QED) is 0.408. The van der Waals surface area contributed by atoms with Gasteiger partial charge in [0, 0.05) is 35.4 Å². The molecule has 0 radical (unpaired) electrons. The van der Waals surface area contributed by atoms with Gasteiger partial charge in [-0.05, 0) is 59.8 Å². The summed E-state index contributed by atoms with van der Waals surface area (Å²) in [5.41, 5.74) is -2.16. The second kappa shape index (κ2) is 9.57. The van der Waals surface area contributed by atoms with Crippen molar-refractivity contribution in [3.8, 4) is 0 Å². The fourth-order valence-electron chi connectivity index (χ4n) is 4.00. The van der Waals surface area contributed by atoms with Crippen molar-refractivity contribution >= 4 is 50.2 Å². The van der Waals surface area contributed by atoms with E-state index in [1.165, 1.54) is 28.6 Å². The van der Waals surface area contributed by atoms with Gasteiger partial charge in [-0.25, -0.2) is 8.42 Å². The van der Waals surface area contributed by atoms with Crippen molar-refractivity contribution in [3.63, 3.8) is 0 Å². The first-order chi connectivity index (χ1) is 16.3. The Labute approximate surface area is 215 Å². The lowest BCUT2D eigenvalue weighted by Crippen LogP contribution is -2.50. The summed E-state index contributed by atoms with van der Waals surface area (Å²) in [7, 11) is -3.74. The number of benzene rings is 2. The van der Waals surface area contributed by atoms with Crippen LogP contribution in [0.4, 0.5) is 18.9 Å². The number of hydrogen-bond donors (Lipinski definition) is 1. The molecule has 0 unspecified atom stereocenters. The number of nitrogens with zero attached hydrogens (tertiary/aromatic N) is 2. The summed E-state index contributed by atoms with van der Waals surface area (Å²) in [4.78, 5) is 1.88. The number of rotatable bonds is 5. The molecule has 2 heterocycles. The van der Waals surface area contributed by atoms with Crippen LogP contribution in [0.1, 0.15) is 24.1 Å². The smallest absolute Gasteiger partial charge is 0.376 e. The van der Waals surface area contributed by atoms with Gasteiger partial charge in [0.25, 0.3) is 10.0 Å². The lowest BCUT2D eigenvalue weighted by atomic mass is 9.94. The zero-order chi connectivity index (χ0) is 25.6. The van der Waals surface area contributed by atoms with Crippen LogP contribution >= 0.6 is 34.5 Å². The molecule has 188 valence electrons. The van der Waals surface area contributed by atoms with Gasteiger partial charge in [-0.3, -0.25) is 0 Å². The van der Waals surface area contributed by atoms with Crippen LogP contribution < -0.4 is 4.90 Å². The molecule has 1 aliphatic heterocycles. The third kappa shape index (κ3) is 5.05. The Bertz CT molecular complexity index is 1300. The number of alkyl halides is 3. The van der Waals surface area contributed by atoms with Gasteiger partial charge in [0.1, 0.15) is 4.21 Å². The monoisotopic (exact) mass is 564 g/mol. The number of halogens is 5. The van der Waals surface area contributed by atoms with Gasteiger partial charge >= 0.3 is 6.18 Å². The molecule has 3 aromatic rings. The maximum absolute atomic E-state index is 13.3. The molecule has 1 aliphatic rings. The van der Waals surface area contributed by atoms with Crippen molar-refractivity contribution < 1.29 is 26.7 Å². The van der Waals surface area contributed by atoms with Crippen molar-refractivity contribution in [2.45, 2.75) is 29.0 Å². The maximum atomic E-state index is 13.3. The van der Waals surface area contributed by atoms with Gasteiger partial charge in [-0.15, -0.1) is 11.3 Å². The van der Waals surface area contributed by atoms with Crippen LogP contribution in [0.3, 0.4) is 0 Å². The van der Waals surface area contributed by atoms with Gasteiger partial charge in [-0.1, -0.05) is 41.4 Å². The van der Waals surface area contributed by atoms with E-state index in [4.69, 9.17) is 23.2 Å². The van der Waals surface area contributed by atoms with Gasteiger partial charge in [0.15, 0.2) is 5.60 Å². The van der Waals surface area contributed by atoms with Crippen LogP contribution in [0.15, 0.2) is 64.2 Å². The molecule has 0 bridgehead atoms. The first-order valence-corrected chi connectivity index (χ1v) is 13.5. The predicted octanol–water partition coefficient (Wildman–Crippen LogP) is 6.08. The molecule has 1 N–H and O–H groups in total. The van der Waals surface area contributed by atoms with E-state index in [0.29, 0.717) is 28.2 Å². The summed E-state index contributed by atoms with van der Waals surface area (Å²) < 4.78 is 67.8. The van der Waals surface area contributed by atoms with Crippen LogP contribution in [0.25, 0.3) is 0 Å². The number of piperazine rings is 1. The van der Waals surface area contributed by atoms with E-state index in [1.807, 2.05) is 4.90 Å². The van der Waals surface area contributed by atoms with E-state index in [2.05, 4.69) is 0 Å². The molecular formula is C23H21Cl2F3N2O3S2. The predicted molar refractivity (Wildman–Crippen MR) is 132 cm³/mol. The number of anilines is 1. The molecule has 12 heteroatoms. The van der Waals surface area contributed by atoms with Crippen LogP contribution in [-0.4, -0.2) is 43.6 Å². The van der Waals surface area contributed by atoms with Crippen molar-refractivity contribution in [2.75, 3.05) is 24.5 Å². The molecule has 0 amide bonds. The number of hydrogen-bond acceptors (Lipinski definition) is 5. The molecule has 2 aromatic carbocycles. The van der Waals surface area contributed by atoms with E-state index in [-0.39, 0.29) is 29.4 Å². The average Bonchev–Trinajstić information content (AvgIpc) is 3.36. The Morgan fingerprint density at radius 1 is 1.06 bits per heavy atom. The Kier molecular flexibility index (Phi) is 7.18. The standard InChI is InChI=1S/C23H21Cl2F3N2O3S2/c1-22(31,23(26,27)28)15-4-7-17(8-5-15)30-11-10-29(35(32,33)21-3-2-12-34-21)14-20(30)18-13-16(24)6-9-19(18)25/h2-9,12-13,20,31H,10-11,14H2,1H3/t20-,22+/m0/s1. The highest BCUT2D eigenvalue weighted by Crippen LogP contribution is 2.41. The first kappa shape index (κ1) is 26.2. The molecule has 2 atom stereocenters. The van der Waals surface area contributed by atoms with Crippen LogP contribution in [0, 0.1) is 0 Å². The van der Waals surface area contributed by atoms with E-state index < -0.39 is 27.8 Å². The summed E-state index contributed by atoms with van der Waals surface area (Å²) in [5.74, 6) is 0. The summed E-state index contributed by atoms with van der Waals surface area (Å²) in [6.45, 7) is 1.18. The van der Waals surface area contributed by atoms with E-state index in [9.17, 15) is 26.7 Å². The molecule has 1 aromatic heterocycles. The number of thiophene rings is 1. The van der Waals surface area contributed by atoms with E-state index >= 15 is 0 Å². The lowest BCUT2D eigenvalue weighted by molar-refractivity contribution is -0.258. The Morgan fingerprint density at radius 3 is 2.34 bits per heavy atom. The summed E-state index contributed by atoms with van der Waals surface area (Å²) in [6, 6.07) is 12.9. The molecule has 35 heavy (non-hydrogen) atoms. The molecule has 1 fully saturated rings. The summed E-state index contributed by atoms with van der Waals surface area (Å²) in [6.07, 6.45) is -4.84. The SMILES string of the molecule is C[C@@](O)(c1ccc(N2CCN(S(=O)(=O)c3cccs3)C[C@H]2c2cc(Cl)ccc2Cl)cc1)C(F)(F)F. The molecule has 1 saturated heterocycles. The molecule has 0 saturated carbocycles. The highest BCUT2D eigenvalue weighted by molar-refractivity contribution is 7.91. The molecule has 0 spiro atoms. The highest BCUT2D eigenvalue weighted by atomic mass is 35.5. The largest absolute Gasteiger partial charge is 0.421 e. The second-order valence-corrected chi connectivity index (χ2v) is 12.2. The van der Waals surface area contributed by atoms with Gasteiger partial charge in [0.05, 0.1) is 6.04 Å². The minimum atomic E-state index is -4.84. The van der Waals surface area contributed by atoms with Gasteiger partial charge in [0.2, 0.25) is 0 Å². The third-order valence-corrected chi connectivity index (χ3v) is 9.88. The highest BCUT2D eigenvalue weighted by Gasteiger charge is 2.51. The molecule has 0 aliphatic carbocycles. The van der Waals surface area contributed by atoms with Crippen LogP contribution in [-0.2, 0) is 15.6 Å². The average molecular weight is 565 g/mol. The maximum Gasteiger partial charge on any atom is 0.421 e. The van der Waals surface area contributed by atoms with Gasteiger partial charge < -0.3 is 10.0 Å². The minimum absolute atomic E-state index is 0.0579. The van der Waals surface area contributed by atoms with Crippen molar-refractivity contribution in [1.29, 1.82) is 0 Å². The Morgan fingerprint density at radius 2 is 1.74 bits per heavy atom. The summed E-state index contributed by atoms with van der Waals surface area (Å²) >= 11 is 13.8. The fourth-order valence-corrected chi connectivity index (χ4v) is 7.01. The fraction of sp³-hybridized carbons (Fsp3) is 0.304. The number of sulfonamides is 1.